The average molecular weight is 345 g/mol. The summed E-state index contributed by atoms with van der Waals surface area (Å²) in [5, 5.41) is 4.75. The van der Waals surface area contributed by atoms with Crippen LogP contribution < -0.4 is 0 Å². The summed E-state index contributed by atoms with van der Waals surface area (Å²) in [7, 11) is 0. The summed E-state index contributed by atoms with van der Waals surface area (Å²) in [6.07, 6.45) is 8.45. The van der Waals surface area contributed by atoms with Crippen molar-refractivity contribution in [3.63, 3.8) is 0 Å². The van der Waals surface area contributed by atoms with Gasteiger partial charge in [0.1, 0.15) is 5.76 Å². The van der Waals surface area contributed by atoms with Crippen LogP contribution in [0.4, 0.5) is 0 Å². The molecule has 0 bridgehead atoms. The first kappa shape index (κ1) is 15.3. The highest BCUT2D eigenvalue weighted by atomic mass is 16.3. The fraction of sp³-hybridized carbons (Fsp3) is 0.250. The van der Waals surface area contributed by atoms with E-state index in [4.69, 9.17) is 14.5 Å². The molecule has 0 aliphatic carbocycles. The first-order valence-electron chi connectivity index (χ1n) is 8.86. The molecule has 0 unspecified atom stereocenters. The van der Waals surface area contributed by atoms with E-state index in [1.807, 2.05) is 41.0 Å². The van der Waals surface area contributed by atoms with Crippen molar-refractivity contribution in [1.29, 1.82) is 0 Å². The molecule has 6 heteroatoms. The molecule has 0 saturated carbocycles. The SMILES string of the molecule is c1coc(CN2CC[C@@H](c3nc4ccc(-c5ccncc5)cn4n3)C2)c1. The molecule has 0 radical (unpaired) electrons. The van der Waals surface area contributed by atoms with Crippen LogP contribution in [0, 0.1) is 0 Å². The Morgan fingerprint density at radius 1 is 1.08 bits per heavy atom. The third kappa shape index (κ3) is 2.88. The summed E-state index contributed by atoms with van der Waals surface area (Å²) in [5.41, 5.74) is 3.13. The van der Waals surface area contributed by atoms with Gasteiger partial charge in [0.05, 0.1) is 12.8 Å². The number of fused-ring (bicyclic) bond motifs is 1. The number of furan rings is 1. The van der Waals surface area contributed by atoms with Crippen molar-refractivity contribution in [2.24, 2.45) is 0 Å². The quantitative estimate of drug-likeness (QED) is 0.567. The molecule has 0 spiro atoms. The van der Waals surface area contributed by atoms with Gasteiger partial charge in [-0.2, -0.15) is 5.10 Å². The average Bonchev–Trinajstić information content (AvgIpc) is 3.42. The van der Waals surface area contributed by atoms with Gasteiger partial charge in [0.2, 0.25) is 0 Å². The second-order valence-corrected chi connectivity index (χ2v) is 6.73. The van der Waals surface area contributed by atoms with Gasteiger partial charge in [-0.3, -0.25) is 9.88 Å². The third-order valence-corrected chi connectivity index (χ3v) is 4.96. The monoisotopic (exact) mass is 345 g/mol. The fourth-order valence-corrected chi connectivity index (χ4v) is 3.60. The van der Waals surface area contributed by atoms with Gasteiger partial charge in [-0.15, -0.1) is 0 Å². The van der Waals surface area contributed by atoms with Gasteiger partial charge in [-0.25, -0.2) is 9.50 Å². The van der Waals surface area contributed by atoms with E-state index in [1.165, 1.54) is 0 Å². The number of nitrogens with zero attached hydrogens (tertiary/aromatic N) is 5. The van der Waals surface area contributed by atoms with E-state index in [1.54, 1.807) is 18.7 Å². The number of likely N-dealkylation sites (tertiary alicyclic amines) is 1. The molecule has 1 saturated heterocycles. The predicted molar refractivity (Wildman–Crippen MR) is 97.6 cm³/mol. The fourth-order valence-electron chi connectivity index (χ4n) is 3.60. The highest BCUT2D eigenvalue weighted by Crippen LogP contribution is 2.27. The van der Waals surface area contributed by atoms with Crippen LogP contribution in [0.5, 0.6) is 0 Å². The van der Waals surface area contributed by atoms with Gasteiger partial charge in [-0.05, 0) is 54.9 Å². The molecule has 4 aromatic heterocycles. The minimum atomic E-state index is 0.370. The Balaban J connectivity index is 1.36. The van der Waals surface area contributed by atoms with Crippen LogP contribution in [0.2, 0.25) is 0 Å². The molecule has 1 fully saturated rings. The number of hydrogen-bond acceptors (Lipinski definition) is 5. The lowest BCUT2D eigenvalue weighted by Crippen LogP contribution is -2.19. The molecule has 6 nitrogen and oxygen atoms in total. The van der Waals surface area contributed by atoms with Crippen LogP contribution in [0.3, 0.4) is 0 Å². The Hall–Kier alpha value is -2.99. The molecule has 1 aliphatic rings. The zero-order valence-electron chi connectivity index (χ0n) is 14.3. The summed E-state index contributed by atoms with van der Waals surface area (Å²) < 4.78 is 7.35. The van der Waals surface area contributed by atoms with Crippen molar-refractivity contribution in [3.05, 3.63) is 72.8 Å². The summed E-state index contributed by atoms with van der Waals surface area (Å²) in [6, 6.07) is 12.1. The van der Waals surface area contributed by atoms with Gasteiger partial charge >= 0.3 is 0 Å². The normalized spacial score (nSPS) is 17.9. The van der Waals surface area contributed by atoms with Crippen LogP contribution in [-0.4, -0.2) is 37.6 Å². The smallest absolute Gasteiger partial charge is 0.156 e. The summed E-state index contributed by atoms with van der Waals surface area (Å²) >= 11 is 0. The van der Waals surface area contributed by atoms with Crippen LogP contribution in [0.15, 0.2) is 65.7 Å². The standard InChI is InChI=1S/C20H19N5O/c1-2-18(26-11-1)14-24-10-7-17(12-24)20-22-19-4-3-16(13-25(19)23-20)15-5-8-21-9-6-15/h1-6,8-9,11,13,17H,7,10,12,14H2/t17-/m1/s1. The molecule has 0 amide bonds. The molecule has 26 heavy (non-hydrogen) atoms. The maximum atomic E-state index is 5.46. The minimum absolute atomic E-state index is 0.370. The molecule has 1 aliphatic heterocycles. The van der Waals surface area contributed by atoms with Crippen molar-refractivity contribution in [1.82, 2.24) is 24.5 Å². The highest BCUT2D eigenvalue weighted by Gasteiger charge is 2.27. The van der Waals surface area contributed by atoms with E-state index < -0.39 is 0 Å². The number of pyridine rings is 2. The van der Waals surface area contributed by atoms with E-state index in [9.17, 15) is 0 Å². The van der Waals surface area contributed by atoms with Gasteiger partial charge in [-0.1, -0.05) is 0 Å². The second-order valence-electron chi connectivity index (χ2n) is 6.73. The molecule has 5 heterocycles. The maximum absolute atomic E-state index is 5.46. The lowest BCUT2D eigenvalue weighted by atomic mass is 10.1. The van der Waals surface area contributed by atoms with E-state index in [0.717, 1.165) is 54.4 Å². The van der Waals surface area contributed by atoms with Crippen LogP contribution in [0.25, 0.3) is 16.8 Å². The summed E-state index contributed by atoms with van der Waals surface area (Å²) in [4.78, 5) is 11.2. The molecule has 0 aromatic carbocycles. The number of aromatic nitrogens is 4. The minimum Gasteiger partial charge on any atom is -0.468 e. The predicted octanol–water partition coefficient (Wildman–Crippen LogP) is 3.37. The second kappa shape index (κ2) is 6.38. The van der Waals surface area contributed by atoms with Gasteiger partial charge in [0, 0.05) is 36.6 Å². The highest BCUT2D eigenvalue weighted by molar-refractivity contribution is 5.63. The van der Waals surface area contributed by atoms with E-state index in [0.29, 0.717) is 5.92 Å². The lowest BCUT2D eigenvalue weighted by molar-refractivity contribution is 0.293. The van der Waals surface area contributed by atoms with Gasteiger partial charge in [0.15, 0.2) is 11.5 Å². The molecule has 4 aromatic rings. The largest absolute Gasteiger partial charge is 0.468 e. The lowest BCUT2D eigenvalue weighted by Gasteiger charge is -2.12. The van der Waals surface area contributed by atoms with E-state index >= 15 is 0 Å². The molecule has 130 valence electrons. The Morgan fingerprint density at radius 2 is 2.00 bits per heavy atom. The first-order chi connectivity index (χ1) is 12.8. The van der Waals surface area contributed by atoms with Crippen molar-refractivity contribution in [2.45, 2.75) is 18.9 Å². The third-order valence-electron chi connectivity index (χ3n) is 4.96. The molecule has 0 N–H and O–H groups in total. The topological polar surface area (TPSA) is 59.5 Å². The first-order valence-corrected chi connectivity index (χ1v) is 8.86. The van der Waals surface area contributed by atoms with Gasteiger partial charge in [0.25, 0.3) is 0 Å². The van der Waals surface area contributed by atoms with Crippen LogP contribution in [0.1, 0.15) is 23.9 Å². The Bertz CT molecular complexity index is 1010. The van der Waals surface area contributed by atoms with Crippen molar-refractivity contribution >= 4 is 5.65 Å². The molecular formula is C20H19N5O. The maximum Gasteiger partial charge on any atom is 0.156 e. The van der Waals surface area contributed by atoms with Crippen molar-refractivity contribution in [2.75, 3.05) is 13.1 Å². The van der Waals surface area contributed by atoms with E-state index in [-0.39, 0.29) is 0 Å². The molecule has 1 atom stereocenters. The number of rotatable bonds is 4. The van der Waals surface area contributed by atoms with Crippen LogP contribution >= 0.6 is 0 Å². The Kier molecular flexibility index (Phi) is 3.75. The molecule has 5 rings (SSSR count). The van der Waals surface area contributed by atoms with Gasteiger partial charge < -0.3 is 4.42 Å². The number of hydrogen-bond donors (Lipinski definition) is 0. The zero-order valence-corrected chi connectivity index (χ0v) is 14.3. The summed E-state index contributed by atoms with van der Waals surface area (Å²) in [6.45, 7) is 2.86. The van der Waals surface area contributed by atoms with Crippen molar-refractivity contribution < 1.29 is 4.42 Å². The van der Waals surface area contributed by atoms with Crippen molar-refractivity contribution in [3.8, 4) is 11.1 Å². The van der Waals surface area contributed by atoms with Crippen LogP contribution in [-0.2, 0) is 6.54 Å². The molecular weight excluding hydrogens is 326 g/mol. The zero-order chi connectivity index (χ0) is 17.3. The Labute approximate surface area is 151 Å². The summed E-state index contributed by atoms with van der Waals surface area (Å²) in [5.74, 6) is 2.31. The van der Waals surface area contributed by atoms with E-state index in [2.05, 4.69) is 16.0 Å². The Morgan fingerprint density at radius 3 is 2.85 bits per heavy atom.